The molecule has 0 saturated heterocycles. The molecule has 0 spiro atoms. The fourth-order valence-electron chi connectivity index (χ4n) is 1.85. The quantitative estimate of drug-likeness (QED) is 0.752. The zero-order valence-electron chi connectivity index (χ0n) is 10.9. The molecule has 20 heavy (non-hydrogen) atoms. The van der Waals surface area contributed by atoms with E-state index < -0.39 is 0 Å². The topological polar surface area (TPSA) is 38.0 Å². The highest BCUT2D eigenvalue weighted by Crippen LogP contribution is 2.27. The normalized spacial score (nSPS) is 11.9. The minimum Gasteiger partial charge on any atom is -0.389 e. The summed E-state index contributed by atoms with van der Waals surface area (Å²) in [5, 5.41) is 3.99. The maximum absolute atomic E-state index is 6.25. The molecule has 0 aliphatic rings. The number of benzene rings is 2. The zero-order valence-corrected chi connectivity index (χ0v) is 14.0. The molecule has 1 atom stereocenters. The third-order valence-corrected chi connectivity index (χ3v) is 4.07. The molecule has 5 heteroatoms. The van der Waals surface area contributed by atoms with Gasteiger partial charge in [-0.25, -0.2) is 0 Å². The minimum absolute atomic E-state index is 0.149. The molecule has 2 aromatic rings. The fourth-order valence-corrected chi connectivity index (χ4v) is 2.48. The van der Waals surface area contributed by atoms with E-state index in [-0.39, 0.29) is 6.04 Å². The Morgan fingerprint density at radius 3 is 2.45 bits per heavy atom. The summed E-state index contributed by atoms with van der Waals surface area (Å²) < 4.78 is 1.06. The van der Waals surface area contributed by atoms with Gasteiger partial charge < -0.3 is 11.1 Å². The van der Waals surface area contributed by atoms with Crippen LogP contribution in [0.25, 0.3) is 0 Å². The highest BCUT2D eigenvalue weighted by Gasteiger charge is 2.09. The summed E-state index contributed by atoms with van der Waals surface area (Å²) in [5.74, 6) is 0. The van der Waals surface area contributed by atoms with E-state index >= 15 is 0 Å². The summed E-state index contributed by atoms with van der Waals surface area (Å²) >= 11 is 14.6. The van der Waals surface area contributed by atoms with E-state index in [2.05, 4.69) is 40.3 Å². The lowest BCUT2D eigenvalue weighted by Crippen LogP contribution is -2.10. The number of hydrogen-bond acceptors (Lipinski definition) is 2. The molecule has 2 nitrogen and oxygen atoms in total. The van der Waals surface area contributed by atoms with Gasteiger partial charge >= 0.3 is 0 Å². The number of anilines is 1. The van der Waals surface area contributed by atoms with Crippen molar-refractivity contribution < 1.29 is 0 Å². The smallest absolute Gasteiger partial charge is 0.104 e. The van der Waals surface area contributed by atoms with Crippen molar-refractivity contribution in [2.24, 2.45) is 5.73 Å². The molecule has 104 valence electrons. The van der Waals surface area contributed by atoms with Crippen molar-refractivity contribution in [2.45, 2.75) is 13.0 Å². The lowest BCUT2D eigenvalue weighted by Gasteiger charge is -2.17. The van der Waals surface area contributed by atoms with Crippen LogP contribution in [0, 0.1) is 0 Å². The van der Waals surface area contributed by atoms with Crippen LogP contribution in [0.4, 0.5) is 5.69 Å². The Morgan fingerprint density at radius 2 is 1.90 bits per heavy atom. The average molecular weight is 370 g/mol. The van der Waals surface area contributed by atoms with Gasteiger partial charge in [0.1, 0.15) is 4.99 Å². The molecule has 0 saturated carbocycles. The number of nitrogens with two attached hydrogens (primary N) is 1. The van der Waals surface area contributed by atoms with Crippen LogP contribution in [0.5, 0.6) is 0 Å². The Hall–Kier alpha value is -1.10. The number of rotatable bonds is 4. The summed E-state index contributed by atoms with van der Waals surface area (Å²) in [5.41, 5.74) is 8.40. The number of halogens is 2. The average Bonchev–Trinajstić information content (AvgIpc) is 2.41. The molecule has 2 rings (SSSR count). The third kappa shape index (κ3) is 3.72. The van der Waals surface area contributed by atoms with E-state index in [4.69, 9.17) is 29.6 Å². The van der Waals surface area contributed by atoms with Crippen molar-refractivity contribution in [1.82, 2.24) is 0 Å². The molecule has 1 unspecified atom stereocenters. The van der Waals surface area contributed by atoms with E-state index in [1.165, 1.54) is 5.56 Å². The Labute approximate surface area is 137 Å². The summed E-state index contributed by atoms with van der Waals surface area (Å²) in [6.07, 6.45) is 0. The molecule has 0 radical (unpaired) electrons. The van der Waals surface area contributed by atoms with Gasteiger partial charge in [0, 0.05) is 16.1 Å². The molecule has 3 N–H and O–H groups in total. The number of nitrogens with one attached hydrogen (secondary N) is 1. The van der Waals surface area contributed by atoms with Gasteiger partial charge in [0.05, 0.1) is 10.7 Å². The predicted octanol–water partition coefficient (Wildman–Crippen LogP) is 4.91. The van der Waals surface area contributed by atoms with E-state index in [9.17, 15) is 0 Å². The minimum atomic E-state index is 0.149. The van der Waals surface area contributed by atoms with E-state index in [1.807, 2.05) is 24.3 Å². The van der Waals surface area contributed by atoms with Crippen molar-refractivity contribution >= 4 is 50.4 Å². The van der Waals surface area contributed by atoms with Crippen LogP contribution in [-0.2, 0) is 0 Å². The van der Waals surface area contributed by atoms with Crippen LogP contribution in [0.15, 0.2) is 46.9 Å². The van der Waals surface area contributed by atoms with Gasteiger partial charge in [-0.3, -0.25) is 0 Å². The van der Waals surface area contributed by atoms with E-state index in [0.29, 0.717) is 10.0 Å². The summed E-state index contributed by atoms with van der Waals surface area (Å²) in [7, 11) is 0. The van der Waals surface area contributed by atoms with Crippen molar-refractivity contribution in [3.63, 3.8) is 0 Å². The van der Waals surface area contributed by atoms with Gasteiger partial charge in [0.2, 0.25) is 0 Å². The molecule has 0 fully saturated rings. The van der Waals surface area contributed by atoms with Gasteiger partial charge in [-0.15, -0.1) is 0 Å². The maximum Gasteiger partial charge on any atom is 0.104 e. The molecular weight excluding hydrogens is 356 g/mol. The van der Waals surface area contributed by atoms with Gasteiger partial charge in [0.15, 0.2) is 0 Å². The zero-order chi connectivity index (χ0) is 14.7. The predicted molar refractivity (Wildman–Crippen MR) is 93.5 cm³/mol. The first-order chi connectivity index (χ1) is 9.47. The van der Waals surface area contributed by atoms with Crippen molar-refractivity contribution in [1.29, 1.82) is 0 Å². The Morgan fingerprint density at radius 1 is 1.25 bits per heavy atom. The van der Waals surface area contributed by atoms with Crippen LogP contribution in [-0.4, -0.2) is 4.99 Å². The van der Waals surface area contributed by atoms with E-state index in [1.54, 1.807) is 6.07 Å². The van der Waals surface area contributed by atoms with Crippen LogP contribution < -0.4 is 11.1 Å². The second kappa shape index (κ2) is 6.57. The fraction of sp³-hybridized carbons (Fsp3) is 0.133. The van der Waals surface area contributed by atoms with Gasteiger partial charge in [-0.1, -0.05) is 51.9 Å². The summed E-state index contributed by atoms with van der Waals surface area (Å²) in [6.45, 7) is 2.08. The van der Waals surface area contributed by atoms with Crippen LogP contribution >= 0.6 is 39.7 Å². The molecule has 0 heterocycles. The Kier molecular flexibility index (Phi) is 5.02. The summed E-state index contributed by atoms with van der Waals surface area (Å²) in [4.78, 5) is 0.347. The Balaban J connectivity index is 2.17. The second-order valence-electron chi connectivity index (χ2n) is 4.48. The molecule has 0 aliphatic heterocycles. The first-order valence-electron chi connectivity index (χ1n) is 6.08. The lowest BCUT2D eigenvalue weighted by atomic mass is 10.1. The first-order valence-corrected chi connectivity index (χ1v) is 7.66. The molecule has 0 aliphatic carbocycles. The molecule has 2 aromatic carbocycles. The van der Waals surface area contributed by atoms with Crippen LogP contribution in [0.2, 0.25) is 5.02 Å². The monoisotopic (exact) mass is 368 g/mol. The highest BCUT2D eigenvalue weighted by atomic mass is 79.9. The third-order valence-electron chi connectivity index (χ3n) is 3.00. The lowest BCUT2D eigenvalue weighted by molar-refractivity contribution is 0.884. The van der Waals surface area contributed by atoms with Gasteiger partial charge in [0.25, 0.3) is 0 Å². The first kappa shape index (κ1) is 15.3. The SMILES string of the molecule is CC(Nc1ccc(C(N)=S)cc1Cl)c1ccc(Br)cc1. The Bertz CT molecular complexity index is 628. The van der Waals surface area contributed by atoms with Gasteiger partial charge in [-0.2, -0.15) is 0 Å². The van der Waals surface area contributed by atoms with E-state index in [0.717, 1.165) is 15.7 Å². The van der Waals surface area contributed by atoms with Crippen molar-refractivity contribution in [2.75, 3.05) is 5.32 Å². The number of thiocarbonyl (C=S) groups is 1. The van der Waals surface area contributed by atoms with Crippen LogP contribution in [0.3, 0.4) is 0 Å². The van der Waals surface area contributed by atoms with Crippen molar-refractivity contribution in [3.05, 3.63) is 63.1 Å². The largest absolute Gasteiger partial charge is 0.389 e. The molecule has 0 amide bonds. The second-order valence-corrected chi connectivity index (χ2v) is 6.24. The molecular formula is C15H14BrClN2S. The number of hydrogen-bond donors (Lipinski definition) is 2. The molecule has 0 bridgehead atoms. The van der Waals surface area contributed by atoms with Crippen molar-refractivity contribution in [3.8, 4) is 0 Å². The highest BCUT2D eigenvalue weighted by molar-refractivity contribution is 9.10. The summed E-state index contributed by atoms with van der Waals surface area (Å²) in [6, 6.07) is 13.9. The molecule has 0 aromatic heterocycles. The van der Waals surface area contributed by atoms with Crippen LogP contribution in [0.1, 0.15) is 24.1 Å². The van der Waals surface area contributed by atoms with Gasteiger partial charge in [-0.05, 0) is 42.8 Å². The standard InChI is InChI=1S/C15H14BrClN2S/c1-9(10-2-5-12(16)6-3-10)19-14-7-4-11(15(18)20)8-13(14)17/h2-9,19H,1H3,(H2,18,20). The maximum atomic E-state index is 6.25.